The zero-order chi connectivity index (χ0) is 14.4. The number of aromatic nitrogens is 2. The molecular formula is C12H21N3O3S. The van der Waals surface area contributed by atoms with Gasteiger partial charge in [-0.1, -0.05) is 0 Å². The van der Waals surface area contributed by atoms with E-state index in [9.17, 15) is 13.5 Å². The molecule has 1 unspecified atom stereocenters. The van der Waals surface area contributed by atoms with E-state index in [0.29, 0.717) is 11.4 Å². The maximum atomic E-state index is 12.3. The van der Waals surface area contributed by atoms with Crippen molar-refractivity contribution in [1.82, 2.24) is 14.5 Å². The topological polar surface area (TPSA) is 84.2 Å². The second-order valence-corrected chi connectivity index (χ2v) is 7.28. The Morgan fingerprint density at radius 1 is 1.47 bits per heavy atom. The third kappa shape index (κ3) is 2.82. The molecule has 0 bridgehead atoms. The summed E-state index contributed by atoms with van der Waals surface area (Å²) in [4.78, 5) is 0.210. The Labute approximate surface area is 113 Å². The van der Waals surface area contributed by atoms with Crippen LogP contribution in [0.4, 0.5) is 0 Å². The molecule has 0 aromatic carbocycles. The van der Waals surface area contributed by atoms with E-state index < -0.39 is 15.6 Å². The van der Waals surface area contributed by atoms with Crippen LogP contribution in [0.5, 0.6) is 0 Å². The lowest BCUT2D eigenvalue weighted by atomic mass is 10.0. The normalized spacial score (nSPS) is 19.4. The first-order valence-corrected chi connectivity index (χ1v) is 7.86. The molecule has 1 aromatic rings. The van der Waals surface area contributed by atoms with Gasteiger partial charge in [0, 0.05) is 13.6 Å². The van der Waals surface area contributed by atoms with Gasteiger partial charge in [0.25, 0.3) is 0 Å². The fourth-order valence-electron chi connectivity index (χ4n) is 2.31. The van der Waals surface area contributed by atoms with Crippen LogP contribution in [0.3, 0.4) is 0 Å². The SMILES string of the molecule is Cc1nn(C)c(C)c1S(=O)(=O)NCC(C)(O)C1CC1. The van der Waals surface area contributed by atoms with Crippen LogP contribution in [-0.2, 0) is 17.1 Å². The number of sulfonamides is 1. The molecule has 0 aliphatic heterocycles. The Hall–Kier alpha value is -0.920. The molecule has 1 aliphatic carbocycles. The molecule has 1 heterocycles. The molecule has 108 valence electrons. The largest absolute Gasteiger partial charge is 0.389 e. The number of rotatable bonds is 5. The van der Waals surface area contributed by atoms with Crippen molar-refractivity contribution < 1.29 is 13.5 Å². The number of hydrogen-bond acceptors (Lipinski definition) is 4. The van der Waals surface area contributed by atoms with E-state index in [4.69, 9.17) is 0 Å². The summed E-state index contributed by atoms with van der Waals surface area (Å²) < 4.78 is 28.6. The molecule has 6 nitrogen and oxygen atoms in total. The van der Waals surface area contributed by atoms with Crippen LogP contribution < -0.4 is 4.72 Å². The number of hydrogen-bond donors (Lipinski definition) is 2. The highest BCUT2D eigenvalue weighted by Gasteiger charge is 2.40. The summed E-state index contributed by atoms with van der Waals surface area (Å²) in [5, 5.41) is 14.3. The summed E-state index contributed by atoms with van der Waals surface area (Å²) in [6.45, 7) is 5.10. The minimum absolute atomic E-state index is 0.0355. The predicted molar refractivity (Wildman–Crippen MR) is 71.2 cm³/mol. The second kappa shape index (κ2) is 4.57. The van der Waals surface area contributed by atoms with Gasteiger partial charge in [-0.15, -0.1) is 0 Å². The smallest absolute Gasteiger partial charge is 0.244 e. The number of nitrogens with zero attached hydrogens (tertiary/aromatic N) is 2. The minimum Gasteiger partial charge on any atom is -0.389 e. The third-order valence-corrected chi connectivity index (χ3v) is 5.44. The van der Waals surface area contributed by atoms with E-state index in [1.807, 2.05) is 0 Å². The van der Waals surface area contributed by atoms with Crippen molar-refractivity contribution >= 4 is 10.0 Å². The van der Waals surface area contributed by atoms with Crippen molar-refractivity contribution in [3.05, 3.63) is 11.4 Å². The van der Waals surface area contributed by atoms with Gasteiger partial charge in [0.15, 0.2) is 0 Å². The molecule has 0 spiro atoms. The zero-order valence-electron chi connectivity index (χ0n) is 11.8. The molecule has 7 heteroatoms. The average Bonchev–Trinajstić information content (AvgIpc) is 3.07. The van der Waals surface area contributed by atoms with E-state index >= 15 is 0 Å². The summed E-state index contributed by atoms with van der Waals surface area (Å²) in [6, 6.07) is 0. The lowest BCUT2D eigenvalue weighted by molar-refractivity contribution is 0.0422. The van der Waals surface area contributed by atoms with Crippen molar-refractivity contribution in [3.63, 3.8) is 0 Å². The van der Waals surface area contributed by atoms with Crippen LogP contribution in [0.25, 0.3) is 0 Å². The quantitative estimate of drug-likeness (QED) is 0.825. The van der Waals surface area contributed by atoms with Gasteiger partial charge in [-0.3, -0.25) is 4.68 Å². The molecule has 1 aliphatic rings. The molecular weight excluding hydrogens is 266 g/mol. The molecule has 1 aromatic heterocycles. The maximum Gasteiger partial charge on any atom is 0.244 e. The molecule has 0 radical (unpaired) electrons. The fourth-order valence-corrected chi connectivity index (χ4v) is 3.88. The summed E-state index contributed by atoms with van der Waals surface area (Å²) >= 11 is 0. The second-order valence-electron chi connectivity index (χ2n) is 5.58. The monoisotopic (exact) mass is 287 g/mol. The van der Waals surface area contributed by atoms with Gasteiger partial charge in [0.05, 0.1) is 17.0 Å². The lowest BCUT2D eigenvalue weighted by Crippen LogP contribution is -2.42. The van der Waals surface area contributed by atoms with Gasteiger partial charge in [-0.2, -0.15) is 5.10 Å². The van der Waals surface area contributed by atoms with Crippen LogP contribution in [0.15, 0.2) is 4.90 Å². The lowest BCUT2D eigenvalue weighted by Gasteiger charge is -2.23. The zero-order valence-corrected chi connectivity index (χ0v) is 12.6. The Balaban J connectivity index is 2.18. The molecule has 0 saturated heterocycles. The molecule has 0 amide bonds. The van der Waals surface area contributed by atoms with Crippen LogP contribution in [0, 0.1) is 19.8 Å². The van der Waals surface area contributed by atoms with Crippen molar-refractivity contribution in [1.29, 1.82) is 0 Å². The summed E-state index contributed by atoms with van der Waals surface area (Å²) in [7, 11) is -1.92. The highest BCUT2D eigenvalue weighted by atomic mass is 32.2. The number of nitrogens with one attached hydrogen (secondary N) is 1. The molecule has 19 heavy (non-hydrogen) atoms. The first-order valence-electron chi connectivity index (χ1n) is 6.37. The van der Waals surface area contributed by atoms with E-state index in [1.165, 1.54) is 0 Å². The minimum atomic E-state index is -3.63. The summed E-state index contributed by atoms with van der Waals surface area (Å²) in [5.41, 5.74) is 0.0894. The molecule has 1 atom stereocenters. The van der Waals surface area contributed by atoms with Gasteiger partial charge < -0.3 is 5.11 Å². The Bertz CT molecular complexity index is 586. The fraction of sp³-hybridized carbons (Fsp3) is 0.750. The molecule has 2 rings (SSSR count). The first-order chi connectivity index (χ1) is 8.65. The van der Waals surface area contributed by atoms with Crippen molar-refractivity contribution in [2.45, 2.75) is 44.1 Å². The van der Waals surface area contributed by atoms with Crippen molar-refractivity contribution in [2.75, 3.05) is 6.54 Å². The van der Waals surface area contributed by atoms with Crippen molar-refractivity contribution in [2.24, 2.45) is 13.0 Å². The van der Waals surface area contributed by atoms with E-state index in [2.05, 4.69) is 9.82 Å². The number of aliphatic hydroxyl groups is 1. The van der Waals surface area contributed by atoms with Crippen LogP contribution >= 0.6 is 0 Å². The average molecular weight is 287 g/mol. The summed E-state index contributed by atoms with van der Waals surface area (Å²) in [6.07, 6.45) is 1.92. The predicted octanol–water partition coefficient (Wildman–Crippen LogP) is 0.476. The van der Waals surface area contributed by atoms with Gasteiger partial charge in [0.2, 0.25) is 10.0 Å². The van der Waals surface area contributed by atoms with Crippen LogP contribution in [-0.4, -0.2) is 35.5 Å². The van der Waals surface area contributed by atoms with Gasteiger partial charge >= 0.3 is 0 Å². The molecule has 2 N–H and O–H groups in total. The first kappa shape index (κ1) is 14.5. The molecule has 1 saturated carbocycles. The standard InChI is InChI=1S/C12H21N3O3S/c1-8-11(9(2)15(4)14-8)19(17,18)13-7-12(3,16)10-5-6-10/h10,13,16H,5-7H2,1-4H3. The van der Waals surface area contributed by atoms with Gasteiger partial charge in [0.1, 0.15) is 4.90 Å². The molecule has 1 fully saturated rings. The van der Waals surface area contributed by atoms with Gasteiger partial charge in [-0.25, -0.2) is 13.1 Å². The van der Waals surface area contributed by atoms with E-state index in [1.54, 1.807) is 32.5 Å². The van der Waals surface area contributed by atoms with Crippen molar-refractivity contribution in [3.8, 4) is 0 Å². The Kier molecular flexibility index (Phi) is 3.49. The summed E-state index contributed by atoms with van der Waals surface area (Å²) in [5.74, 6) is 0.200. The maximum absolute atomic E-state index is 12.3. The highest BCUT2D eigenvalue weighted by molar-refractivity contribution is 7.89. The van der Waals surface area contributed by atoms with Crippen LogP contribution in [0.1, 0.15) is 31.2 Å². The third-order valence-electron chi connectivity index (χ3n) is 3.79. The Morgan fingerprint density at radius 2 is 2.05 bits per heavy atom. The highest BCUT2D eigenvalue weighted by Crippen LogP contribution is 2.39. The Morgan fingerprint density at radius 3 is 2.47 bits per heavy atom. The van der Waals surface area contributed by atoms with Gasteiger partial charge in [-0.05, 0) is 39.5 Å². The van der Waals surface area contributed by atoms with E-state index in [0.717, 1.165) is 12.8 Å². The van der Waals surface area contributed by atoms with E-state index in [-0.39, 0.29) is 17.4 Å². The van der Waals surface area contributed by atoms with Crippen LogP contribution in [0.2, 0.25) is 0 Å². The number of aryl methyl sites for hydroxylation is 2.